The van der Waals surface area contributed by atoms with E-state index in [0.29, 0.717) is 13.1 Å². The van der Waals surface area contributed by atoms with Crippen molar-refractivity contribution >= 4 is 21.8 Å². The minimum absolute atomic E-state index is 0.0306. The Morgan fingerprint density at radius 1 is 1.40 bits per heavy atom. The maximum absolute atomic E-state index is 12.0. The molecule has 0 aliphatic carbocycles. The Balaban J connectivity index is 2.58. The number of nitrogens with zero attached hydrogens (tertiary/aromatic N) is 1. The highest BCUT2D eigenvalue weighted by atomic mass is 32.2. The normalized spacial score (nSPS) is 19.6. The Bertz CT molecular complexity index is 486. The molecule has 0 radical (unpaired) electrons. The predicted octanol–water partition coefficient (Wildman–Crippen LogP) is 0.316. The lowest BCUT2D eigenvalue weighted by Gasteiger charge is -2.22. The molecule has 0 saturated carbocycles. The van der Waals surface area contributed by atoms with Crippen LogP contribution in [0.3, 0.4) is 0 Å². The van der Waals surface area contributed by atoms with E-state index < -0.39 is 27.9 Å². The molecule has 1 fully saturated rings. The van der Waals surface area contributed by atoms with Crippen LogP contribution in [0.25, 0.3) is 0 Å². The molecule has 0 aromatic rings. The van der Waals surface area contributed by atoms with Gasteiger partial charge >= 0.3 is 12.0 Å². The molecular weight excluding hydrogens is 284 g/mol. The molecule has 20 heavy (non-hydrogen) atoms. The standard InChI is InChI=1S/C12H22N2O5S/c1-12(2)5-6-14(8-12)11(17)13-9(10(15)16)4-7-20(3,18)19/h9H,4-8H2,1-3H3,(H,13,17)(H,15,16). The monoisotopic (exact) mass is 306 g/mol. The van der Waals surface area contributed by atoms with Crippen molar-refractivity contribution in [3.63, 3.8) is 0 Å². The molecule has 0 spiro atoms. The molecule has 7 nitrogen and oxygen atoms in total. The highest BCUT2D eigenvalue weighted by Crippen LogP contribution is 2.28. The minimum atomic E-state index is -3.25. The second kappa shape index (κ2) is 5.99. The van der Waals surface area contributed by atoms with Crippen molar-refractivity contribution in [2.24, 2.45) is 5.41 Å². The van der Waals surface area contributed by atoms with Crippen LogP contribution in [-0.2, 0) is 14.6 Å². The van der Waals surface area contributed by atoms with Crippen molar-refractivity contribution in [3.05, 3.63) is 0 Å². The quantitative estimate of drug-likeness (QED) is 0.761. The molecule has 1 aliphatic heterocycles. The van der Waals surface area contributed by atoms with Crippen LogP contribution in [0.5, 0.6) is 0 Å². The molecule has 2 amide bonds. The zero-order chi connectivity index (χ0) is 15.6. The number of carbonyl (C=O) groups excluding carboxylic acids is 1. The van der Waals surface area contributed by atoms with Crippen LogP contribution in [0, 0.1) is 5.41 Å². The number of amides is 2. The Morgan fingerprint density at radius 2 is 2.00 bits per heavy atom. The minimum Gasteiger partial charge on any atom is -0.480 e. The Morgan fingerprint density at radius 3 is 2.40 bits per heavy atom. The number of aliphatic carboxylic acids is 1. The van der Waals surface area contributed by atoms with Crippen LogP contribution in [0.1, 0.15) is 26.7 Å². The summed E-state index contributed by atoms with van der Waals surface area (Å²) in [6.45, 7) is 5.23. The first-order valence-electron chi connectivity index (χ1n) is 6.46. The van der Waals surface area contributed by atoms with Gasteiger partial charge in [0.05, 0.1) is 5.75 Å². The van der Waals surface area contributed by atoms with E-state index in [1.807, 2.05) is 13.8 Å². The molecule has 2 N–H and O–H groups in total. The smallest absolute Gasteiger partial charge is 0.326 e. The summed E-state index contributed by atoms with van der Waals surface area (Å²) in [7, 11) is -3.25. The molecule has 8 heteroatoms. The van der Waals surface area contributed by atoms with Crippen LogP contribution in [0.2, 0.25) is 0 Å². The largest absolute Gasteiger partial charge is 0.480 e. The lowest BCUT2D eigenvalue weighted by Crippen LogP contribution is -2.48. The van der Waals surface area contributed by atoms with E-state index in [1.54, 1.807) is 4.90 Å². The highest BCUT2D eigenvalue weighted by molar-refractivity contribution is 7.90. The van der Waals surface area contributed by atoms with Crippen LogP contribution in [0.15, 0.2) is 0 Å². The van der Waals surface area contributed by atoms with Gasteiger partial charge in [-0.25, -0.2) is 18.0 Å². The fourth-order valence-electron chi connectivity index (χ4n) is 2.12. The second-order valence-corrected chi connectivity index (χ2v) is 8.35. The van der Waals surface area contributed by atoms with E-state index in [4.69, 9.17) is 5.11 Å². The van der Waals surface area contributed by atoms with Crippen molar-refractivity contribution in [2.75, 3.05) is 25.1 Å². The Labute approximate surface area is 119 Å². The molecule has 1 heterocycles. The molecule has 1 saturated heterocycles. The van der Waals surface area contributed by atoms with Gasteiger partial charge in [0.25, 0.3) is 0 Å². The average Bonchev–Trinajstić information content (AvgIpc) is 2.63. The molecule has 0 aromatic carbocycles. The molecule has 0 bridgehead atoms. The maximum Gasteiger partial charge on any atom is 0.326 e. The number of urea groups is 1. The van der Waals surface area contributed by atoms with Crippen LogP contribution in [-0.4, -0.2) is 61.6 Å². The van der Waals surface area contributed by atoms with Gasteiger partial charge in [-0.1, -0.05) is 13.8 Å². The molecule has 1 aliphatic rings. The first kappa shape index (κ1) is 16.7. The van der Waals surface area contributed by atoms with Gasteiger partial charge in [0.15, 0.2) is 0 Å². The highest BCUT2D eigenvalue weighted by Gasteiger charge is 2.33. The topological polar surface area (TPSA) is 104 Å². The third-order valence-corrected chi connectivity index (χ3v) is 4.32. The summed E-state index contributed by atoms with van der Waals surface area (Å²) >= 11 is 0. The molecular formula is C12H22N2O5S. The number of carboxylic acid groups (broad SMARTS) is 1. The number of carboxylic acids is 1. The van der Waals surface area contributed by atoms with Crippen molar-refractivity contribution in [1.29, 1.82) is 0 Å². The number of sulfone groups is 1. The van der Waals surface area contributed by atoms with Gasteiger partial charge in [-0.05, 0) is 18.3 Å². The van der Waals surface area contributed by atoms with Gasteiger partial charge in [0.1, 0.15) is 15.9 Å². The SMILES string of the molecule is CC1(C)CCN(C(=O)NC(CCS(C)(=O)=O)C(=O)O)C1. The fourth-order valence-corrected chi connectivity index (χ4v) is 2.78. The number of carbonyl (C=O) groups is 2. The van der Waals surface area contributed by atoms with Crippen LogP contribution in [0.4, 0.5) is 4.79 Å². The summed E-state index contributed by atoms with van der Waals surface area (Å²) in [4.78, 5) is 24.6. The molecule has 1 atom stereocenters. The Kier molecular flexibility index (Phi) is 5.01. The van der Waals surface area contributed by atoms with Gasteiger partial charge in [0.2, 0.25) is 0 Å². The fraction of sp³-hybridized carbons (Fsp3) is 0.833. The zero-order valence-corrected chi connectivity index (χ0v) is 12.9. The molecule has 116 valence electrons. The van der Waals surface area contributed by atoms with E-state index in [0.717, 1.165) is 12.7 Å². The third-order valence-electron chi connectivity index (χ3n) is 3.34. The molecule has 1 rings (SSSR count). The summed E-state index contributed by atoms with van der Waals surface area (Å²) in [6.07, 6.45) is 1.77. The molecule has 1 unspecified atom stereocenters. The Hall–Kier alpha value is -1.31. The first-order valence-corrected chi connectivity index (χ1v) is 8.52. The van der Waals surface area contributed by atoms with E-state index >= 15 is 0 Å². The molecule has 0 aromatic heterocycles. The number of nitrogens with one attached hydrogen (secondary N) is 1. The lowest BCUT2D eigenvalue weighted by atomic mass is 9.93. The predicted molar refractivity (Wildman–Crippen MR) is 74.3 cm³/mol. The summed E-state index contributed by atoms with van der Waals surface area (Å²) < 4.78 is 22.1. The number of hydrogen-bond donors (Lipinski definition) is 2. The third kappa shape index (κ3) is 5.36. The maximum atomic E-state index is 12.0. The van der Waals surface area contributed by atoms with Crippen molar-refractivity contribution in [3.8, 4) is 0 Å². The second-order valence-electron chi connectivity index (χ2n) is 6.09. The number of rotatable bonds is 5. The van der Waals surface area contributed by atoms with Crippen molar-refractivity contribution < 1.29 is 23.1 Å². The number of likely N-dealkylation sites (tertiary alicyclic amines) is 1. The van der Waals surface area contributed by atoms with Gasteiger partial charge in [0, 0.05) is 19.3 Å². The van der Waals surface area contributed by atoms with E-state index in [2.05, 4.69) is 5.32 Å². The van der Waals surface area contributed by atoms with Crippen LogP contribution < -0.4 is 5.32 Å². The first-order chi connectivity index (χ1) is 9.00. The lowest BCUT2D eigenvalue weighted by molar-refractivity contribution is -0.139. The average molecular weight is 306 g/mol. The van der Waals surface area contributed by atoms with Gasteiger partial charge in [-0.2, -0.15) is 0 Å². The van der Waals surface area contributed by atoms with E-state index in [1.165, 1.54) is 0 Å². The van der Waals surface area contributed by atoms with Crippen LogP contribution >= 0.6 is 0 Å². The van der Waals surface area contributed by atoms with E-state index in [-0.39, 0.29) is 17.6 Å². The van der Waals surface area contributed by atoms with Crippen molar-refractivity contribution in [1.82, 2.24) is 10.2 Å². The van der Waals surface area contributed by atoms with E-state index in [9.17, 15) is 18.0 Å². The summed E-state index contributed by atoms with van der Waals surface area (Å²) in [5.74, 6) is -1.49. The van der Waals surface area contributed by atoms with Gasteiger partial charge in [-0.15, -0.1) is 0 Å². The summed E-state index contributed by atoms with van der Waals surface area (Å²) in [5.41, 5.74) is 0.0306. The number of hydrogen-bond acceptors (Lipinski definition) is 4. The van der Waals surface area contributed by atoms with Crippen molar-refractivity contribution in [2.45, 2.75) is 32.7 Å². The van der Waals surface area contributed by atoms with Gasteiger partial charge < -0.3 is 15.3 Å². The summed E-state index contributed by atoms with van der Waals surface area (Å²) in [6, 6.07) is -1.63. The zero-order valence-electron chi connectivity index (χ0n) is 12.0. The van der Waals surface area contributed by atoms with Gasteiger partial charge in [-0.3, -0.25) is 0 Å². The summed E-state index contributed by atoms with van der Waals surface area (Å²) in [5, 5.41) is 11.4.